The first-order valence-electron chi connectivity index (χ1n) is 5.20. The number of hydrogen-bond donors (Lipinski definition) is 0. The second-order valence-electron chi connectivity index (χ2n) is 3.46. The predicted octanol–water partition coefficient (Wildman–Crippen LogP) is 4.08. The Morgan fingerprint density at radius 3 is 2.06 bits per heavy atom. The summed E-state index contributed by atoms with van der Waals surface area (Å²) >= 11 is 0. The minimum absolute atomic E-state index is 0.968. The van der Waals surface area contributed by atoms with Crippen molar-refractivity contribution in [3.63, 3.8) is 0 Å². The third-order valence-corrected chi connectivity index (χ3v) is 2.29. The number of benzene rings is 2. The molecule has 0 amide bonds. The fraction of sp³-hybridized carbons (Fsp3) is 0. The molecular weight excluding hydrogens is 194 g/mol. The summed E-state index contributed by atoms with van der Waals surface area (Å²) in [6.07, 6.45) is 3.69. The van der Waals surface area contributed by atoms with Gasteiger partial charge in [0.25, 0.3) is 0 Å². The van der Waals surface area contributed by atoms with Crippen molar-refractivity contribution < 1.29 is 0 Å². The van der Waals surface area contributed by atoms with Crippen LogP contribution in [0.15, 0.2) is 66.2 Å². The molecule has 1 nitrogen and oxygen atoms in total. The molecule has 0 aliphatic rings. The molecule has 0 saturated carbocycles. The molecular formula is C15H13N. The molecule has 78 valence electrons. The van der Waals surface area contributed by atoms with Gasteiger partial charge in [-0.1, -0.05) is 55.1 Å². The molecule has 0 radical (unpaired) electrons. The normalized spacial score (nSPS) is 10.5. The Balaban J connectivity index is 2.14. The van der Waals surface area contributed by atoms with Gasteiger partial charge in [-0.25, -0.2) is 0 Å². The first-order chi connectivity index (χ1) is 7.88. The smallest absolute Gasteiger partial charge is 0.0629 e. The Bertz CT molecular complexity index is 481. The SMILES string of the molecule is C=Cc1ccc(/C=N/c2ccccc2)cc1. The summed E-state index contributed by atoms with van der Waals surface area (Å²) in [5.74, 6) is 0. The lowest BCUT2D eigenvalue weighted by atomic mass is 10.1. The zero-order chi connectivity index (χ0) is 11.2. The Labute approximate surface area is 95.8 Å². The molecule has 0 spiro atoms. The lowest BCUT2D eigenvalue weighted by molar-refractivity contribution is 1.52. The van der Waals surface area contributed by atoms with E-state index in [-0.39, 0.29) is 0 Å². The Hall–Kier alpha value is -2.15. The molecule has 0 bridgehead atoms. The van der Waals surface area contributed by atoms with E-state index in [2.05, 4.69) is 11.6 Å². The van der Waals surface area contributed by atoms with Gasteiger partial charge in [0.1, 0.15) is 0 Å². The van der Waals surface area contributed by atoms with E-state index < -0.39 is 0 Å². The summed E-state index contributed by atoms with van der Waals surface area (Å²) in [7, 11) is 0. The maximum absolute atomic E-state index is 4.38. The van der Waals surface area contributed by atoms with Gasteiger partial charge < -0.3 is 0 Å². The van der Waals surface area contributed by atoms with E-state index in [1.54, 1.807) is 0 Å². The van der Waals surface area contributed by atoms with Crippen LogP contribution in [0.2, 0.25) is 0 Å². The monoisotopic (exact) mass is 207 g/mol. The zero-order valence-corrected chi connectivity index (χ0v) is 9.01. The Morgan fingerprint density at radius 2 is 1.44 bits per heavy atom. The van der Waals surface area contributed by atoms with E-state index in [1.165, 1.54) is 0 Å². The molecule has 0 N–H and O–H groups in total. The second-order valence-corrected chi connectivity index (χ2v) is 3.46. The lowest BCUT2D eigenvalue weighted by Gasteiger charge is -1.95. The van der Waals surface area contributed by atoms with Gasteiger partial charge in [0.15, 0.2) is 0 Å². The van der Waals surface area contributed by atoms with Crippen LogP contribution in [-0.4, -0.2) is 6.21 Å². The van der Waals surface area contributed by atoms with E-state index in [4.69, 9.17) is 0 Å². The van der Waals surface area contributed by atoms with Crippen LogP contribution in [0.3, 0.4) is 0 Å². The molecule has 0 fully saturated rings. The highest BCUT2D eigenvalue weighted by molar-refractivity contribution is 5.82. The number of nitrogens with zero attached hydrogens (tertiary/aromatic N) is 1. The van der Waals surface area contributed by atoms with Gasteiger partial charge in [0, 0.05) is 6.21 Å². The van der Waals surface area contributed by atoms with E-state index in [9.17, 15) is 0 Å². The highest BCUT2D eigenvalue weighted by Gasteiger charge is 1.88. The van der Waals surface area contributed by atoms with Crippen molar-refractivity contribution in [3.8, 4) is 0 Å². The van der Waals surface area contributed by atoms with Gasteiger partial charge in [0.2, 0.25) is 0 Å². The molecule has 2 aromatic rings. The molecule has 0 saturated heterocycles. The quantitative estimate of drug-likeness (QED) is 0.672. The van der Waals surface area contributed by atoms with Crippen LogP contribution in [0.1, 0.15) is 11.1 Å². The summed E-state index contributed by atoms with van der Waals surface area (Å²) in [5, 5.41) is 0. The molecule has 0 aliphatic carbocycles. The van der Waals surface area contributed by atoms with E-state index in [0.717, 1.165) is 16.8 Å². The van der Waals surface area contributed by atoms with Gasteiger partial charge in [0.05, 0.1) is 5.69 Å². The Kier molecular flexibility index (Phi) is 3.29. The van der Waals surface area contributed by atoms with E-state index >= 15 is 0 Å². The summed E-state index contributed by atoms with van der Waals surface area (Å²) in [4.78, 5) is 4.38. The molecule has 2 rings (SSSR count). The van der Waals surface area contributed by atoms with Gasteiger partial charge in [-0.3, -0.25) is 4.99 Å². The minimum atomic E-state index is 0.968. The summed E-state index contributed by atoms with van der Waals surface area (Å²) in [6, 6.07) is 18.0. The number of hydrogen-bond acceptors (Lipinski definition) is 1. The molecule has 1 heteroatoms. The van der Waals surface area contributed by atoms with Crippen LogP contribution < -0.4 is 0 Å². The largest absolute Gasteiger partial charge is 0.256 e. The standard InChI is InChI=1S/C15H13N/c1-2-13-8-10-14(11-9-13)12-16-15-6-4-3-5-7-15/h2-12H,1H2/b16-12+. The van der Waals surface area contributed by atoms with Crippen molar-refractivity contribution >= 4 is 18.0 Å². The van der Waals surface area contributed by atoms with Gasteiger partial charge >= 0.3 is 0 Å². The van der Waals surface area contributed by atoms with Gasteiger partial charge in [-0.2, -0.15) is 0 Å². The molecule has 0 unspecified atom stereocenters. The van der Waals surface area contributed by atoms with E-state index in [0.29, 0.717) is 0 Å². The highest BCUT2D eigenvalue weighted by atomic mass is 14.7. The maximum Gasteiger partial charge on any atom is 0.0629 e. The zero-order valence-electron chi connectivity index (χ0n) is 9.01. The van der Waals surface area contributed by atoms with Crippen LogP contribution >= 0.6 is 0 Å². The molecule has 0 atom stereocenters. The number of aliphatic imine (C=N–C) groups is 1. The molecule has 16 heavy (non-hydrogen) atoms. The van der Waals surface area contributed by atoms with Crippen molar-refractivity contribution in [1.29, 1.82) is 0 Å². The maximum atomic E-state index is 4.38. The van der Waals surface area contributed by atoms with Crippen molar-refractivity contribution in [2.45, 2.75) is 0 Å². The molecule has 0 aliphatic heterocycles. The first kappa shape index (κ1) is 10.4. The lowest BCUT2D eigenvalue weighted by Crippen LogP contribution is -1.80. The fourth-order valence-electron chi connectivity index (χ4n) is 1.38. The third kappa shape index (κ3) is 2.67. The molecule has 0 heterocycles. The van der Waals surface area contributed by atoms with Crippen LogP contribution in [0.25, 0.3) is 6.08 Å². The third-order valence-electron chi connectivity index (χ3n) is 2.29. The number of para-hydroxylation sites is 1. The van der Waals surface area contributed by atoms with Crippen LogP contribution in [-0.2, 0) is 0 Å². The van der Waals surface area contributed by atoms with Gasteiger partial charge in [-0.15, -0.1) is 0 Å². The predicted molar refractivity (Wildman–Crippen MR) is 70.2 cm³/mol. The topological polar surface area (TPSA) is 12.4 Å². The van der Waals surface area contributed by atoms with Crippen LogP contribution in [0.4, 0.5) is 5.69 Å². The average molecular weight is 207 g/mol. The summed E-state index contributed by atoms with van der Waals surface area (Å²) in [5.41, 5.74) is 3.18. The minimum Gasteiger partial charge on any atom is -0.256 e. The van der Waals surface area contributed by atoms with Gasteiger partial charge in [-0.05, 0) is 23.3 Å². The Morgan fingerprint density at radius 1 is 0.812 bits per heavy atom. The van der Waals surface area contributed by atoms with E-state index in [1.807, 2.05) is 66.9 Å². The highest BCUT2D eigenvalue weighted by Crippen LogP contribution is 2.10. The molecule has 0 aromatic heterocycles. The van der Waals surface area contributed by atoms with Crippen molar-refractivity contribution in [3.05, 3.63) is 72.3 Å². The summed E-state index contributed by atoms with van der Waals surface area (Å²) in [6.45, 7) is 3.72. The van der Waals surface area contributed by atoms with Crippen molar-refractivity contribution in [2.75, 3.05) is 0 Å². The number of rotatable bonds is 3. The van der Waals surface area contributed by atoms with Crippen LogP contribution in [0.5, 0.6) is 0 Å². The average Bonchev–Trinajstić information content (AvgIpc) is 2.38. The van der Waals surface area contributed by atoms with Crippen molar-refractivity contribution in [1.82, 2.24) is 0 Å². The first-order valence-corrected chi connectivity index (χ1v) is 5.20. The molecule has 2 aromatic carbocycles. The fourth-order valence-corrected chi connectivity index (χ4v) is 1.38. The van der Waals surface area contributed by atoms with Crippen molar-refractivity contribution in [2.24, 2.45) is 4.99 Å². The summed E-state index contributed by atoms with van der Waals surface area (Å²) < 4.78 is 0. The van der Waals surface area contributed by atoms with Crippen LogP contribution in [0, 0.1) is 0 Å². The second kappa shape index (κ2) is 5.08.